The molecule has 0 bridgehead atoms. The minimum absolute atomic E-state index is 0.209. The maximum atomic E-state index is 11.7. The highest BCUT2D eigenvalue weighted by Gasteiger charge is 2.43. The summed E-state index contributed by atoms with van der Waals surface area (Å²) >= 11 is 5.89. The molecule has 0 amide bonds. The van der Waals surface area contributed by atoms with E-state index in [1.807, 2.05) is 62.4 Å². The number of pyridine rings is 1. The van der Waals surface area contributed by atoms with Gasteiger partial charge >= 0.3 is 5.97 Å². The van der Waals surface area contributed by atoms with Gasteiger partial charge in [-0.25, -0.2) is 4.79 Å². The van der Waals surface area contributed by atoms with Gasteiger partial charge in [0.05, 0.1) is 36.1 Å². The number of nitrogens with one attached hydrogen (secondary N) is 1. The lowest BCUT2D eigenvalue weighted by Gasteiger charge is -2.29. The first-order valence-electron chi connectivity index (χ1n) is 12.0. The van der Waals surface area contributed by atoms with E-state index in [9.17, 15) is 9.90 Å². The molecule has 2 atom stereocenters. The number of aromatic carboxylic acids is 1. The Bertz CT molecular complexity index is 1500. The lowest BCUT2D eigenvalue weighted by molar-refractivity contribution is 0.0697. The lowest BCUT2D eigenvalue weighted by atomic mass is 9.96. The summed E-state index contributed by atoms with van der Waals surface area (Å²) in [5, 5.41) is 13.7. The Morgan fingerprint density at radius 3 is 2.49 bits per heavy atom. The summed E-state index contributed by atoms with van der Waals surface area (Å²) in [5.74, 6) is -0.232. The van der Waals surface area contributed by atoms with Crippen LogP contribution >= 0.6 is 12.2 Å². The molecule has 2 aromatic heterocycles. The Morgan fingerprint density at radius 1 is 1.03 bits per heavy atom. The van der Waals surface area contributed by atoms with E-state index >= 15 is 0 Å². The van der Waals surface area contributed by atoms with Gasteiger partial charge in [-0.05, 0) is 86.6 Å². The molecule has 8 heteroatoms. The highest BCUT2D eigenvalue weighted by atomic mass is 32.1. The molecule has 1 aliphatic heterocycles. The SMILES string of the molecule is COc1ccccc1N1C(=S)N[C@@H](c2ccccn2)[C@@H]1c1cc(C)n(-c2cc(C(=O)O)ccc2C)c1C. The van der Waals surface area contributed by atoms with E-state index in [1.54, 1.807) is 25.4 Å². The molecular formula is C29H28N4O3S. The zero-order valence-electron chi connectivity index (χ0n) is 21.1. The van der Waals surface area contributed by atoms with Crippen molar-refractivity contribution < 1.29 is 14.6 Å². The van der Waals surface area contributed by atoms with Gasteiger partial charge in [-0.1, -0.05) is 24.3 Å². The number of carboxylic acid groups (broad SMARTS) is 1. The third-order valence-corrected chi connectivity index (χ3v) is 7.24. The molecule has 1 fully saturated rings. The predicted octanol–water partition coefficient (Wildman–Crippen LogP) is 5.68. The second-order valence-electron chi connectivity index (χ2n) is 9.14. The van der Waals surface area contributed by atoms with Crippen LogP contribution in [0.15, 0.2) is 72.9 Å². The van der Waals surface area contributed by atoms with Crippen LogP contribution in [0.4, 0.5) is 5.69 Å². The highest BCUT2D eigenvalue weighted by molar-refractivity contribution is 7.80. The zero-order chi connectivity index (χ0) is 26.3. The number of para-hydroxylation sites is 2. The molecule has 0 spiro atoms. The van der Waals surface area contributed by atoms with Gasteiger partial charge in [0, 0.05) is 23.3 Å². The average Bonchev–Trinajstić information content (AvgIpc) is 3.39. The molecule has 0 unspecified atom stereocenters. The summed E-state index contributed by atoms with van der Waals surface area (Å²) in [5.41, 5.74) is 6.87. The second-order valence-corrected chi connectivity index (χ2v) is 9.52. The topological polar surface area (TPSA) is 79.6 Å². The fourth-order valence-corrected chi connectivity index (χ4v) is 5.54. The smallest absolute Gasteiger partial charge is 0.335 e. The summed E-state index contributed by atoms with van der Waals surface area (Å²) in [7, 11) is 1.65. The van der Waals surface area contributed by atoms with Gasteiger partial charge in [0.15, 0.2) is 5.11 Å². The number of carboxylic acids is 1. The van der Waals surface area contributed by atoms with E-state index in [-0.39, 0.29) is 17.6 Å². The largest absolute Gasteiger partial charge is 0.495 e. The first kappa shape index (κ1) is 24.5. The number of benzene rings is 2. The number of methoxy groups -OCH3 is 1. The third kappa shape index (κ3) is 4.23. The van der Waals surface area contributed by atoms with Crippen LogP contribution in [0.1, 0.15) is 50.7 Å². The van der Waals surface area contributed by atoms with Gasteiger partial charge in [-0.2, -0.15) is 0 Å². The lowest BCUT2D eigenvalue weighted by Crippen LogP contribution is -2.30. The molecule has 1 aliphatic rings. The van der Waals surface area contributed by atoms with E-state index < -0.39 is 5.97 Å². The van der Waals surface area contributed by atoms with Gasteiger partial charge in [0.1, 0.15) is 5.75 Å². The molecule has 1 saturated heterocycles. The number of carbonyl (C=O) groups is 1. The van der Waals surface area contributed by atoms with Crippen LogP contribution in [0.25, 0.3) is 5.69 Å². The fraction of sp³-hybridized carbons (Fsp3) is 0.207. The summed E-state index contributed by atoms with van der Waals surface area (Å²) in [6.07, 6.45) is 1.78. The standard InChI is InChI=1S/C29H28N4O3S/c1-17-12-13-20(28(34)35)16-24(17)32-18(2)15-21(19(32)3)27-26(22-9-7-8-14-30-22)31-29(37)33(27)23-10-5-6-11-25(23)36-4/h5-16,26-27H,1-4H3,(H,31,37)(H,34,35)/t26-,27-/m0/s1. The normalized spacial score (nSPS) is 17.1. The van der Waals surface area contributed by atoms with E-state index in [1.165, 1.54) is 0 Å². The molecule has 7 nitrogen and oxygen atoms in total. The first-order valence-corrected chi connectivity index (χ1v) is 12.4. The molecule has 3 heterocycles. The Morgan fingerprint density at radius 2 is 1.78 bits per heavy atom. The average molecular weight is 513 g/mol. The number of hydrogen-bond donors (Lipinski definition) is 2. The number of hydrogen-bond acceptors (Lipinski definition) is 4. The van der Waals surface area contributed by atoms with Crippen molar-refractivity contribution in [1.29, 1.82) is 0 Å². The molecule has 0 saturated carbocycles. The Hall–Kier alpha value is -4.17. The van der Waals surface area contributed by atoms with Gasteiger partial charge in [0.25, 0.3) is 0 Å². The number of ether oxygens (including phenoxy) is 1. The van der Waals surface area contributed by atoms with Crippen molar-refractivity contribution >= 4 is 29.0 Å². The third-order valence-electron chi connectivity index (χ3n) is 6.93. The maximum absolute atomic E-state index is 11.7. The van der Waals surface area contributed by atoms with Crippen molar-refractivity contribution in [3.8, 4) is 11.4 Å². The zero-order valence-corrected chi connectivity index (χ0v) is 21.9. The molecule has 2 N–H and O–H groups in total. The van der Waals surface area contributed by atoms with Crippen molar-refractivity contribution in [2.45, 2.75) is 32.9 Å². The second kappa shape index (κ2) is 9.71. The number of nitrogens with zero attached hydrogens (tertiary/aromatic N) is 3. The molecule has 37 heavy (non-hydrogen) atoms. The van der Waals surface area contributed by atoms with Crippen LogP contribution < -0.4 is 15.0 Å². The summed E-state index contributed by atoms with van der Waals surface area (Å²) in [4.78, 5) is 18.5. The molecule has 4 aromatic rings. The number of aryl methyl sites for hydroxylation is 2. The molecular weight excluding hydrogens is 484 g/mol. The van der Waals surface area contributed by atoms with E-state index in [0.717, 1.165) is 45.3 Å². The fourth-order valence-electron chi connectivity index (χ4n) is 5.20. The number of thiocarbonyl (C=S) groups is 1. The molecule has 188 valence electrons. The monoisotopic (exact) mass is 512 g/mol. The van der Waals surface area contributed by atoms with Crippen LogP contribution in [-0.4, -0.2) is 32.8 Å². The van der Waals surface area contributed by atoms with E-state index in [2.05, 4.69) is 32.8 Å². The highest BCUT2D eigenvalue weighted by Crippen LogP contribution is 2.46. The van der Waals surface area contributed by atoms with Crippen LogP contribution in [0, 0.1) is 20.8 Å². The van der Waals surface area contributed by atoms with Crippen LogP contribution in [-0.2, 0) is 0 Å². The van der Waals surface area contributed by atoms with Crippen molar-refractivity contribution in [2.75, 3.05) is 12.0 Å². The molecule has 2 aromatic carbocycles. The molecule has 5 rings (SSSR count). The first-order chi connectivity index (χ1) is 17.8. The van der Waals surface area contributed by atoms with Crippen LogP contribution in [0.3, 0.4) is 0 Å². The van der Waals surface area contributed by atoms with Crippen molar-refractivity contribution in [2.24, 2.45) is 0 Å². The van der Waals surface area contributed by atoms with E-state index in [0.29, 0.717) is 5.11 Å². The number of anilines is 1. The maximum Gasteiger partial charge on any atom is 0.335 e. The van der Waals surface area contributed by atoms with Crippen molar-refractivity contribution in [3.05, 3.63) is 107 Å². The van der Waals surface area contributed by atoms with Gasteiger partial charge in [-0.3, -0.25) is 4.98 Å². The van der Waals surface area contributed by atoms with Crippen molar-refractivity contribution in [3.63, 3.8) is 0 Å². The van der Waals surface area contributed by atoms with E-state index in [4.69, 9.17) is 17.0 Å². The molecule has 0 aliphatic carbocycles. The predicted molar refractivity (Wildman–Crippen MR) is 148 cm³/mol. The summed E-state index contributed by atoms with van der Waals surface area (Å²) in [6.45, 7) is 6.09. The minimum atomic E-state index is -0.952. The Kier molecular flexibility index (Phi) is 6.43. The Balaban J connectivity index is 1.72. The summed E-state index contributed by atoms with van der Waals surface area (Å²) in [6, 6.07) is 20.6. The number of aromatic nitrogens is 2. The quantitative estimate of drug-likeness (QED) is 0.322. The molecule has 0 radical (unpaired) electrons. The van der Waals surface area contributed by atoms with Gasteiger partial charge in [0.2, 0.25) is 0 Å². The minimum Gasteiger partial charge on any atom is -0.495 e. The summed E-state index contributed by atoms with van der Waals surface area (Å²) < 4.78 is 7.82. The number of rotatable bonds is 6. The Labute approximate surface area is 221 Å². The van der Waals surface area contributed by atoms with Gasteiger partial charge < -0.3 is 24.6 Å². The van der Waals surface area contributed by atoms with Crippen molar-refractivity contribution in [1.82, 2.24) is 14.9 Å². The van der Waals surface area contributed by atoms with Crippen LogP contribution in [0.2, 0.25) is 0 Å². The van der Waals surface area contributed by atoms with Gasteiger partial charge in [-0.15, -0.1) is 0 Å². The van der Waals surface area contributed by atoms with Crippen LogP contribution in [0.5, 0.6) is 5.75 Å².